The molecule has 0 bridgehead atoms. The van der Waals surface area contributed by atoms with Gasteiger partial charge in [0.2, 0.25) is 11.6 Å². The molecule has 0 aromatic heterocycles. The molecule has 0 spiro atoms. The molecule has 1 saturated heterocycles. The van der Waals surface area contributed by atoms with Gasteiger partial charge in [0.15, 0.2) is 0 Å². The summed E-state index contributed by atoms with van der Waals surface area (Å²) >= 11 is 18.2. The van der Waals surface area contributed by atoms with Gasteiger partial charge in [-0.2, -0.15) is 0 Å². The van der Waals surface area contributed by atoms with Crippen LogP contribution in [0.3, 0.4) is 0 Å². The Morgan fingerprint density at radius 1 is 0.793 bits per heavy atom. The van der Waals surface area contributed by atoms with E-state index in [9.17, 15) is 14.4 Å². The van der Waals surface area contributed by atoms with Gasteiger partial charge in [-0.05, 0) is 18.2 Å². The summed E-state index contributed by atoms with van der Waals surface area (Å²) in [7, 11) is 0. The number of hydrogen-bond acceptors (Lipinski definition) is 4. The molecule has 0 saturated carbocycles. The third-order valence-corrected chi connectivity index (χ3v) is 6.18. The summed E-state index contributed by atoms with van der Waals surface area (Å²) in [5.74, 6) is -0.791. The highest BCUT2D eigenvalue weighted by atomic mass is 35.5. The summed E-state index contributed by atoms with van der Waals surface area (Å²) < 4.78 is 0. The molecule has 1 aliphatic heterocycles. The first-order valence-corrected chi connectivity index (χ1v) is 10.1. The van der Waals surface area contributed by atoms with Crippen molar-refractivity contribution in [2.75, 3.05) is 26.2 Å². The van der Waals surface area contributed by atoms with E-state index in [-0.39, 0.29) is 28.2 Å². The molecule has 2 aliphatic rings. The number of amides is 1. The monoisotopic (exact) mass is 448 g/mol. The molecule has 29 heavy (non-hydrogen) atoms. The van der Waals surface area contributed by atoms with Gasteiger partial charge in [-0.3, -0.25) is 14.4 Å². The Balaban J connectivity index is 1.52. The molecule has 4 rings (SSSR count). The van der Waals surface area contributed by atoms with Crippen LogP contribution in [0, 0.1) is 0 Å². The van der Waals surface area contributed by atoms with E-state index in [0.717, 1.165) is 0 Å². The second-order valence-corrected chi connectivity index (χ2v) is 7.97. The molecule has 2 aromatic rings. The zero-order chi connectivity index (χ0) is 20.7. The molecule has 8 heteroatoms. The Hall–Kier alpha value is -2.34. The van der Waals surface area contributed by atoms with Crippen LogP contribution in [0.2, 0.25) is 10.0 Å². The highest BCUT2D eigenvalue weighted by Gasteiger charge is 2.35. The van der Waals surface area contributed by atoms with Crippen molar-refractivity contribution >= 4 is 52.3 Å². The lowest BCUT2D eigenvalue weighted by molar-refractivity contribution is 0.0658. The molecule has 5 nitrogen and oxygen atoms in total. The molecule has 1 aliphatic carbocycles. The van der Waals surface area contributed by atoms with E-state index in [1.54, 1.807) is 46.2 Å². The number of piperazine rings is 1. The standard InChI is InChI=1S/C21H15Cl3N2O3/c22-15-6-5-12(11-16(15)23)21(29)26-9-7-25(8-10-26)18-17(24)19(27)13-3-1-2-4-14(13)20(18)28/h1-6,11H,7-10H2. The predicted octanol–water partition coefficient (Wildman–Crippen LogP) is 4.28. The van der Waals surface area contributed by atoms with Crippen LogP contribution in [0.1, 0.15) is 31.1 Å². The maximum absolute atomic E-state index is 12.9. The Labute approximate surface area is 182 Å². The number of rotatable bonds is 2. The van der Waals surface area contributed by atoms with E-state index in [2.05, 4.69) is 0 Å². The average molecular weight is 450 g/mol. The zero-order valence-electron chi connectivity index (χ0n) is 15.1. The van der Waals surface area contributed by atoms with Crippen LogP contribution >= 0.6 is 34.8 Å². The number of allylic oxidation sites excluding steroid dienone is 2. The molecule has 0 N–H and O–H groups in total. The first kappa shape index (κ1) is 20.0. The minimum absolute atomic E-state index is 0.0713. The van der Waals surface area contributed by atoms with Crippen LogP contribution in [0.15, 0.2) is 53.2 Å². The molecule has 1 fully saturated rings. The Morgan fingerprint density at radius 2 is 1.41 bits per heavy atom. The van der Waals surface area contributed by atoms with Crippen molar-refractivity contribution in [1.82, 2.24) is 9.80 Å². The molecule has 0 unspecified atom stereocenters. The minimum Gasteiger partial charge on any atom is -0.363 e. The highest BCUT2D eigenvalue weighted by molar-refractivity contribution is 6.50. The molecular formula is C21H15Cl3N2O3. The topological polar surface area (TPSA) is 57.7 Å². The van der Waals surface area contributed by atoms with Gasteiger partial charge in [0, 0.05) is 42.9 Å². The summed E-state index contributed by atoms with van der Waals surface area (Å²) in [5, 5.41) is 0.631. The molecule has 2 aromatic carbocycles. The molecule has 1 heterocycles. The van der Waals surface area contributed by atoms with E-state index in [4.69, 9.17) is 34.8 Å². The number of hydrogen-bond donors (Lipinski definition) is 0. The lowest BCUT2D eigenvalue weighted by Gasteiger charge is -2.38. The molecule has 1 amide bonds. The maximum Gasteiger partial charge on any atom is 0.254 e. The quantitative estimate of drug-likeness (QED) is 0.687. The molecule has 0 atom stereocenters. The maximum atomic E-state index is 12.9. The number of halogens is 3. The van der Waals surface area contributed by atoms with Crippen LogP contribution in [0.25, 0.3) is 0 Å². The first-order valence-electron chi connectivity index (χ1n) is 8.96. The largest absolute Gasteiger partial charge is 0.363 e. The lowest BCUT2D eigenvalue weighted by Crippen LogP contribution is -2.50. The summed E-state index contributed by atoms with van der Waals surface area (Å²) in [5.41, 5.74) is 1.32. The van der Waals surface area contributed by atoms with Crippen LogP contribution < -0.4 is 0 Å². The number of Topliss-reactive ketones (excluding diaryl/α,β-unsaturated/α-hetero) is 2. The van der Waals surface area contributed by atoms with Crippen molar-refractivity contribution in [2.45, 2.75) is 0 Å². The van der Waals surface area contributed by atoms with Gasteiger partial charge in [0.1, 0.15) is 10.7 Å². The van der Waals surface area contributed by atoms with Crippen molar-refractivity contribution in [3.05, 3.63) is 79.9 Å². The molecule has 148 valence electrons. The molecular weight excluding hydrogens is 435 g/mol. The Bertz CT molecular complexity index is 1070. The van der Waals surface area contributed by atoms with Crippen molar-refractivity contribution in [3.8, 4) is 0 Å². The summed E-state index contributed by atoms with van der Waals surface area (Å²) in [6.45, 7) is 1.55. The van der Waals surface area contributed by atoms with E-state index >= 15 is 0 Å². The minimum atomic E-state index is -0.355. The van der Waals surface area contributed by atoms with E-state index in [1.165, 1.54) is 6.07 Å². The average Bonchev–Trinajstić information content (AvgIpc) is 2.74. The number of carbonyl (C=O) groups excluding carboxylic acids is 3. The summed E-state index contributed by atoms with van der Waals surface area (Å²) in [4.78, 5) is 41.7. The van der Waals surface area contributed by atoms with Crippen LogP contribution in [0.4, 0.5) is 0 Å². The van der Waals surface area contributed by atoms with E-state index in [0.29, 0.717) is 52.9 Å². The zero-order valence-corrected chi connectivity index (χ0v) is 17.4. The van der Waals surface area contributed by atoms with Gasteiger partial charge in [-0.25, -0.2) is 0 Å². The van der Waals surface area contributed by atoms with Crippen molar-refractivity contribution in [3.63, 3.8) is 0 Å². The van der Waals surface area contributed by atoms with Gasteiger partial charge in [0.05, 0.1) is 10.0 Å². The number of benzene rings is 2. The van der Waals surface area contributed by atoms with Crippen molar-refractivity contribution in [1.29, 1.82) is 0 Å². The number of carbonyl (C=O) groups is 3. The van der Waals surface area contributed by atoms with Gasteiger partial charge < -0.3 is 9.80 Å². The first-order chi connectivity index (χ1) is 13.9. The fraction of sp³-hybridized carbons (Fsp3) is 0.190. The van der Waals surface area contributed by atoms with E-state index < -0.39 is 0 Å². The predicted molar refractivity (Wildman–Crippen MR) is 112 cm³/mol. The smallest absolute Gasteiger partial charge is 0.254 e. The van der Waals surface area contributed by atoms with Crippen molar-refractivity contribution in [2.24, 2.45) is 0 Å². The summed E-state index contributed by atoms with van der Waals surface area (Å²) in [6, 6.07) is 11.4. The third kappa shape index (κ3) is 3.54. The molecule has 0 radical (unpaired) electrons. The fourth-order valence-electron chi connectivity index (χ4n) is 3.56. The highest BCUT2D eigenvalue weighted by Crippen LogP contribution is 2.31. The third-order valence-electron chi connectivity index (χ3n) is 5.09. The SMILES string of the molecule is O=C1C(Cl)=C(N2CCN(C(=O)c3ccc(Cl)c(Cl)c3)CC2)C(=O)c2ccccc21. The Morgan fingerprint density at radius 3 is 2.03 bits per heavy atom. The fourth-order valence-corrected chi connectivity index (χ4v) is 4.16. The van der Waals surface area contributed by atoms with Gasteiger partial charge in [0.25, 0.3) is 5.91 Å². The second kappa shape index (κ2) is 7.82. The van der Waals surface area contributed by atoms with Crippen LogP contribution in [-0.2, 0) is 0 Å². The van der Waals surface area contributed by atoms with Gasteiger partial charge in [-0.15, -0.1) is 0 Å². The number of ketones is 2. The van der Waals surface area contributed by atoms with Crippen LogP contribution in [-0.4, -0.2) is 53.5 Å². The Kier molecular flexibility index (Phi) is 5.38. The summed E-state index contributed by atoms with van der Waals surface area (Å²) in [6.07, 6.45) is 0. The van der Waals surface area contributed by atoms with E-state index in [1.807, 2.05) is 0 Å². The normalized spacial score (nSPS) is 16.9. The van der Waals surface area contributed by atoms with Gasteiger partial charge >= 0.3 is 0 Å². The lowest BCUT2D eigenvalue weighted by atomic mass is 9.91. The van der Waals surface area contributed by atoms with Crippen molar-refractivity contribution < 1.29 is 14.4 Å². The van der Waals surface area contributed by atoms with Crippen LogP contribution in [0.5, 0.6) is 0 Å². The second-order valence-electron chi connectivity index (χ2n) is 6.77. The number of nitrogens with zero attached hydrogens (tertiary/aromatic N) is 2. The van der Waals surface area contributed by atoms with Gasteiger partial charge in [-0.1, -0.05) is 59.1 Å². The number of fused-ring (bicyclic) bond motifs is 1.